The molecular weight excluding hydrogens is 366 g/mol. The molecular formula is C19H17N3O6. The summed E-state index contributed by atoms with van der Waals surface area (Å²) in [6.45, 7) is 3.85. The second-order valence-electron chi connectivity index (χ2n) is 5.73. The predicted octanol–water partition coefficient (Wildman–Crippen LogP) is 3.96. The van der Waals surface area contributed by atoms with Crippen molar-refractivity contribution in [3.8, 4) is 17.2 Å². The number of hydrogen-bond donors (Lipinski definition) is 0. The standard InChI is InChI=1S/C19H17N3O6/c1-3-26-16-7-5-4-6-15(16)19(23)27-12(2)17-20-21-18(28-17)13-8-10-14(11-9-13)22(24)25/h4-12H,3H2,1-2H3/t12-/m0/s1. The second kappa shape index (κ2) is 8.30. The first-order valence-electron chi connectivity index (χ1n) is 8.50. The minimum Gasteiger partial charge on any atom is -0.493 e. The molecule has 0 aliphatic carbocycles. The third kappa shape index (κ3) is 4.14. The van der Waals surface area contributed by atoms with Crippen LogP contribution in [0.4, 0.5) is 5.69 Å². The minimum atomic E-state index is -0.790. The molecule has 1 atom stereocenters. The molecule has 28 heavy (non-hydrogen) atoms. The number of carbonyl (C=O) groups is 1. The first-order chi connectivity index (χ1) is 13.5. The maximum Gasteiger partial charge on any atom is 0.342 e. The Labute approximate surface area is 160 Å². The quantitative estimate of drug-likeness (QED) is 0.342. The molecule has 0 spiro atoms. The number of benzene rings is 2. The molecule has 144 valence electrons. The first-order valence-corrected chi connectivity index (χ1v) is 8.50. The predicted molar refractivity (Wildman–Crippen MR) is 97.8 cm³/mol. The van der Waals surface area contributed by atoms with Gasteiger partial charge in [0.25, 0.3) is 11.6 Å². The SMILES string of the molecule is CCOc1ccccc1C(=O)O[C@@H](C)c1nnc(-c2ccc([N+](=O)[O-])cc2)o1. The molecule has 0 saturated heterocycles. The van der Waals surface area contributed by atoms with Gasteiger partial charge >= 0.3 is 5.97 Å². The number of ether oxygens (including phenoxy) is 2. The molecule has 2 aromatic carbocycles. The van der Waals surface area contributed by atoms with Crippen molar-refractivity contribution < 1.29 is 23.6 Å². The van der Waals surface area contributed by atoms with Crippen molar-refractivity contribution >= 4 is 11.7 Å². The van der Waals surface area contributed by atoms with E-state index in [-0.39, 0.29) is 17.5 Å². The molecule has 0 fully saturated rings. The zero-order valence-electron chi connectivity index (χ0n) is 15.2. The van der Waals surface area contributed by atoms with Crippen LogP contribution in [0.1, 0.15) is 36.2 Å². The molecule has 0 aliphatic rings. The van der Waals surface area contributed by atoms with Gasteiger partial charge in [0.2, 0.25) is 5.89 Å². The topological polar surface area (TPSA) is 118 Å². The highest BCUT2D eigenvalue weighted by molar-refractivity contribution is 5.92. The van der Waals surface area contributed by atoms with Crippen LogP contribution >= 0.6 is 0 Å². The summed E-state index contributed by atoms with van der Waals surface area (Å²) in [7, 11) is 0. The molecule has 0 bridgehead atoms. The number of rotatable bonds is 7. The molecule has 9 nitrogen and oxygen atoms in total. The lowest BCUT2D eigenvalue weighted by Crippen LogP contribution is -2.11. The Hall–Kier alpha value is -3.75. The zero-order chi connectivity index (χ0) is 20.1. The second-order valence-corrected chi connectivity index (χ2v) is 5.73. The third-order valence-electron chi connectivity index (χ3n) is 3.80. The molecule has 3 rings (SSSR count). The first kappa shape index (κ1) is 19.0. The maximum absolute atomic E-state index is 12.4. The number of non-ortho nitro benzene ring substituents is 1. The number of hydrogen-bond acceptors (Lipinski definition) is 8. The highest BCUT2D eigenvalue weighted by Crippen LogP contribution is 2.26. The van der Waals surface area contributed by atoms with Crippen LogP contribution in [-0.4, -0.2) is 27.7 Å². The van der Waals surface area contributed by atoms with E-state index in [0.717, 1.165) is 0 Å². The highest BCUT2D eigenvalue weighted by Gasteiger charge is 2.22. The summed E-state index contributed by atoms with van der Waals surface area (Å²) in [6.07, 6.45) is -0.790. The Kier molecular flexibility index (Phi) is 5.64. The lowest BCUT2D eigenvalue weighted by Gasteiger charge is -2.12. The maximum atomic E-state index is 12.4. The van der Waals surface area contributed by atoms with Gasteiger partial charge in [-0.25, -0.2) is 4.79 Å². The Morgan fingerprint density at radius 2 is 1.89 bits per heavy atom. The van der Waals surface area contributed by atoms with E-state index >= 15 is 0 Å². The van der Waals surface area contributed by atoms with Crippen LogP contribution in [0.2, 0.25) is 0 Å². The molecule has 1 aromatic heterocycles. The number of nitro benzene ring substituents is 1. The van der Waals surface area contributed by atoms with Crippen molar-refractivity contribution in [2.75, 3.05) is 6.61 Å². The Balaban J connectivity index is 1.73. The van der Waals surface area contributed by atoms with Gasteiger partial charge in [-0.15, -0.1) is 10.2 Å². The summed E-state index contributed by atoms with van der Waals surface area (Å²) in [5, 5.41) is 18.5. The molecule has 0 saturated carbocycles. The summed E-state index contributed by atoms with van der Waals surface area (Å²) in [6, 6.07) is 12.5. The van der Waals surface area contributed by atoms with E-state index in [2.05, 4.69) is 10.2 Å². The van der Waals surface area contributed by atoms with Crippen LogP contribution in [-0.2, 0) is 4.74 Å². The van der Waals surface area contributed by atoms with Gasteiger partial charge in [0, 0.05) is 17.7 Å². The Bertz CT molecular complexity index is 983. The van der Waals surface area contributed by atoms with Crippen LogP contribution in [0, 0.1) is 10.1 Å². The van der Waals surface area contributed by atoms with Crippen molar-refractivity contribution in [2.45, 2.75) is 20.0 Å². The summed E-state index contributed by atoms with van der Waals surface area (Å²) in [5.74, 6) is 0.129. The molecule has 1 heterocycles. The zero-order valence-corrected chi connectivity index (χ0v) is 15.2. The van der Waals surface area contributed by atoms with E-state index in [4.69, 9.17) is 13.9 Å². The normalized spacial score (nSPS) is 11.6. The minimum absolute atomic E-state index is 0.0428. The van der Waals surface area contributed by atoms with Gasteiger partial charge in [-0.1, -0.05) is 12.1 Å². The molecule has 9 heteroatoms. The average molecular weight is 383 g/mol. The van der Waals surface area contributed by atoms with Crippen molar-refractivity contribution in [2.24, 2.45) is 0 Å². The van der Waals surface area contributed by atoms with Crippen LogP contribution in [0.15, 0.2) is 52.9 Å². The lowest BCUT2D eigenvalue weighted by molar-refractivity contribution is -0.384. The number of esters is 1. The summed E-state index contributed by atoms with van der Waals surface area (Å²) in [4.78, 5) is 22.7. The van der Waals surface area contributed by atoms with Gasteiger partial charge in [-0.3, -0.25) is 10.1 Å². The highest BCUT2D eigenvalue weighted by atomic mass is 16.6. The number of carbonyl (C=O) groups excluding carboxylic acids is 1. The van der Waals surface area contributed by atoms with Crippen LogP contribution in [0.5, 0.6) is 5.75 Å². The number of para-hydroxylation sites is 1. The third-order valence-corrected chi connectivity index (χ3v) is 3.80. The van der Waals surface area contributed by atoms with E-state index in [1.165, 1.54) is 24.3 Å². The van der Waals surface area contributed by atoms with Crippen molar-refractivity contribution in [3.05, 3.63) is 70.1 Å². The molecule has 0 amide bonds. The van der Waals surface area contributed by atoms with Gasteiger partial charge in [0.15, 0.2) is 6.10 Å². The van der Waals surface area contributed by atoms with Gasteiger partial charge < -0.3 is 13.9 Å². The van der Waals surface area contributed by atoms with Gasteiger partial charge in [-0.05, 0) is 38.1 Å². The number of nitro groups is 1. The van der Waals surface area contributed by atoms with E-state index in [1.54, 1.807) is 31.2 Å². The average Bonchev–Trinajstić information content (AvgIpc) is 3.19. The van der Waals surface area contributed by atoms with E-state index < -0.39 is 17.0 Å². The van der Waals surface area contributed by atoms with Crippen LogP contribution < -0.4 is 4.74 Å². The fourth-order valence-electron chi connectivity index (χ4n) is 2.43. The van der Waals surface area contributed by atoms with Crippen molar-refractivity contribution in [1.29, 1.82) is 0 Å². The van der Waals surface area contributed by atoms with E-state index in [9.17, 15) is 14.9 Å². The Morgan fingerprint density at radius 3 is 2.57 bits per heavy atom. The smallest absolute Gasteiger partial charge is 0.342 e. The van der Waals surface area contributed by atoms with Crippen LogP contribution in [0.3, 0.4) is 0 Å². The van der Waals surface area contributed by atoms with Gasteiger partial charge in [-0.2, -0.15) is 0 Å². The fraction of sp³-hybridized carbons (Fsp3) is 0.211. The van der Waals surface area contributed by atoms with Crippen molar-refractivity contribution in [3.63, 3.8) is 0 Å². The molecule has 0 unspecified atom stereocenters. The van der Waals surface area contributed by atoms with Crippen LogP contribution in [0.25, 0.3) is 11.5 Å². The van der Waals surface area contributed by atoms with E-state index in [1.807, 2.05) is 6.92 Å². The monoisotopic (exact) mass is 383 g/mol. The summed E-state index contributed by atoms with van der Waals surface area (Å²) >= 11 is 0. The summed E-state index contributed by atoms with van der Waals surface area (Å²) in [5.41, 5.74) is 0.773. The Morgan fingerprint density at radius 1 is 1.18 bits per heavy atom. The number of nitrogens with zero attached hydrogens (tertiary/aromatic N) is 3. The fourth-order valence-corrected chi connectivity index (χ4v) is 2.43. The summed E-state index contributed by atoms with van der Waals surface area (Å²) < 4.78 is 16.4. The molecule has 0 radical (unpaired) electrons. The van der Waals surface area contributed by atoms with E-state index in [0.29, 0.717) is 23.5 Å². The van der Waals surface area contributed by atoms with Gasteiger partial charge in [0.1, 0.15) is 11.3 Å². The largest absolute Gasteiger partial charge is 0.493 e. The lowest BCUT2D eigenvalue weighted by atomic mass is 10.2. The molecule has 3 aromatic rings. The molecule has 0 aliphatic heterocycles. The van der Waals surface area contributed by atoms with Crippen molar-refractivity contribution in [1.82, 2.24) is 10.2 Å². The molecule has 0 N–H and O–H groups in total. The van der Waals surface area contributed by atoms with Gasteiger partial charge in [0.05, 0.1) is 11.5 Å². The number of aromatic nitrogens is 2.